The van der Waals surface area contributed by atoms with E-state index < -0.39 is 0 Å². The Morgan fingerprint density at radius 1 is 1.42 bits per heavy atom. The molecule has 0 aromatic rings. The van der Waals surface area contributed by atoms with Gasteiger partial charge in [0.15, 0.2) is 0 Å². The molecule has 0 aromatic carbocycles. The fraction of sp³-hybridized carbons (Fsp3) is 0.929. The second-order valence-electron chi connectivity index (χ2n) is 5.75. The summed E-state index contributed by atoms with van der Waals surface area (Å²) in [5, 5.41) is 7.22. The normalized spacial score (nSPS) is 30.2. The first kappa shape index (κ1) is 15.1. The molecule has 0 spiro atoms. The van der Waals surface area contributed by atoms with Crippen LogP contribution in [0.5, 0.6) is 0 Å². The van der Waals surface area contributed by atoms with Crippen LogP contribution in [0, 0.1) is 5.41 Å². The molecule has 0 aromatic heterocycles. The minimum absolute atomic E-state index is 0.210. The van der Waals surface area contributed by atoms with Crippen molar-refractivity contribution in [2.75, 3.05) is 33.1 Å². The highest BCUT2D eigenvalue weighted by Gasteiger charge is 2.41. The van der Waals surface area contributed by atoms with Crippen molar-refractivity contribution in [1.82, 2.24) is 10.6 Å². The Morgan fingerprint density at radius 3 is 2.79 bits per heavy atom. The summed E-state index contributed by atoms with van der Waals surface area (Å²) in [7, 11) is 1.69. The summed E-state index contributed by atoms with van der Waals surface area (Å²) < 4.78 is 5.33. The summed E-state index contributed by atoms with van der Waals surface area (Å²) >= 11 is 1.88. The van der Waals surface area contributed by atoms with Crippen molar-refractivity contribution in [3.05, 3.63) is 0 Å². The van der Waals surface area contributed by atoms with E-state index in [1.165, 1.54) is 12.8 Å². The van der Waals surface area contributed by atoms with Gasteiger partial charge in [0.25, 0.3) is 0 Å². The fourth-order valence-electron chi connectivity index (χ4n) is 3.31. The van der Waals surface area contributed by atoms with Crippen LogP contribution < -0.4 is 10.6 Å². The molecular formula is C14H26N2O2S. The number of carbonyl (C=O) groups excluding carboxylic acids is 1. The lowest BCUT2D eigenvalue weighted by Crippen LogP contribution is -2.53. The molecule has 0 radical (unpaired) electrons. The summed E-state index contributed by atoms with van der Waals surface area (Å²) in [5.41, 5.74) is -0.314. The van der Waals surface area contributed by atoms with Gasteiger partial charge in [-0.25, -0.2) is 0 Å². The average molecular weight is 286 g/mol. The maximum atomic E-state index is 12.7. The maximum Gasteiger partial charge on any atom is 0.228 e. The Kier molecular flexibility index (Phi) is 5.54. The zero-order valence-electron chi connectivity index (χ0n) is 12.0. The molecule has 2 N–H and O–H groups in total. The maximum absolute atomic E-state index is 12.7. The van der Waals surface area contributed by atoms with E-state index in [0.717, 1.165) is 32.4 Å². The van der Waals surface area contributed by atoms with E-state index in [4.69, 9.17) is 4.74 Å². The van der Waals surface area contributed by atoms with Gasteiger partial charge >= 0.3 is 0 Å². The molecule has 2 atom stereocenters. The van der Waals surface area contributed by atoms with Crippen LogP contribution in [0.1, 0.15) is 32.1 Å². The van der Waals surface area contributed by atoms with Gasteiger partial charge in [-0.2, -0.15) is 11.8 Å². The second kappa shape index (κ2) is 6.95. The molecule has 2 unspecified atom stereocenters. The number of methoxy groups -OCH3 is 1. The Balaban J connectivity index is 1.99. The van der Waals surface area contributed by atoms with Crippen LogP contribution >= 0.6 is 11.8 Å². The summed E-state index contributed by atoms with van der Waals surface area (Å²) in [5.74, 6) is 0.210. The Labute approximate surface area is 120 Å². The van der Waals surface area contributed by atoms with Crippen LogP contribution in [0.4, 0.5) is 0 Å². The van der Waals surface area contributed by atoms with E-state index in [1.54, 1.807) is 7.11 Å². The molecule has 2 fully saturated rings. The number of rotatable bonds is 5. The summed E-state index contributed by atoms with van der Waals surface area (Å²) in [6.45, 7) is 2.36. The molecule has 5 heteroatoms. The highest BCUT2D eigenvalue weighted by molar-refractivity contribution is 7.99. The average Bonchev–Trinajstić information content (AvgIpc) is 2.87. The van der Waals surface area contributed by atoms with Crippen LogP contribution in [0.15, 0.2) is 0 Å². The van der Waals surface area contributed by atoms with E-state index in [2.05, 4.69) is 16.9 Å². The zero-order valence-corrected chi connectivity index (χ0v) is 12.9. The fourth-order valence-corrected chi connectivity index (χ4v) is 4.25. The first-order chi connectivity index (χ1) is 9.22. The largest absolute Gasteiger partial charge is 0.384 e. The highest BCUT2D eigenvalue weighted by atomic mass is 32.2. The number of hydrogen-bond acceptors (Lipinski definition) is 4. The van der Waals surface area contributed by atoms with Gasteiger partial charge in [0, 0.05) is 18.4 Å². The van der Waals surface area contributed by atoms with Gasteiger partial charge < -0.3 is 15.4 Å². The van der Waals surface area contributed by atoms with Crippen LogP contribution in [0.3, 0.4) is 0 Å². The topological polar surface area (TPSA) is 50.4 Å². The van der Waals surface area contributed by atoms with E-state index in [-0.39, 0.29) is 11.3 Å². The number of nitrogens with one attached hydrogen (secondary N) is 2. The number of amides is 1. The lowest BCUT2D eigenvalue weighted by molar-refractivity contribution is -0.136. The molecule has 1 heterocycles. The minimum atomic E-state index is -0.314. The monoisotopic (exact) mass is 286 g/mol. The molecule has 1 aliphatic carbocycles. The number of hydrogen-bond donors (Lipinski definition) is 2. The van der Waals surface area contributed by atoms with E-state index in [1.807, 2.05) is 11.8 Å². The molecule has 1 saturated carbocycles. The van der Waals surface area contributed by atoms with Crippen LogP contribution in [-0.2, 0) is 9.53 Å². The van der Waals surface area contributed by atoms with E-state index in [0.29, 0.717) is 17.9 Å². The van der Waals surface area contributed by atoms with Crippen molar-refractivity contribution >= 4 is 17.7 Å². The van der Waals surface area contributed by atoms with Crippen LogP contribution in [0.25, 0.3) is 0 Å². The van der Waals surface area contributed by atoms with E-state index in [9.17, 15) is 4.79 Å². The molecule has 1 amide bonds. The molecule has 2 rings (SSSR count). The molecule has 4 nitrogen and oxygen atoms in total. The van der Waals surface area contributed by atoms with Crippen molar-refractivity contribution in [3.63, 3.8) is 0 Å². The quantitative estimate of drug-likeness (QED) is 0.802. The third-order valence-corrected chi connectivity index (χ3v) is 5.70. The van der Waals surface area contributed by atoms with Gasteiger partial charge in [-0.3, -0.25) is 4.79 Å². The molecular weight excluding hydrogens is 260 g/mol. The number of carbonyl (C=O) groups is 1. The summed E-state index contributed by atoms with van der Waals surface area (Å²) in [4.78, 5) is 12.7. The van der Waals surface area contributed by atoms with Gasteiger partial charge in [-0.15, -0.1) is 0 Å². The predicted octanol–water partition coefficient (Wildman–Crippen LogP) is 1.40. The zero-order chi connectivity index (χ0) is 13.7. The molecule has 1 aliphatic heterocycles. The minimum Gasteiger partial charge on any atom is -0.384 e. The van der Waals surface area contributed by atoms with Crippen molar-refractivity contribution in [2.45, 2.75) is 43.4 Å². The third kappa shape index (κ3) is 3.44. The smallest absolute Gasteiger partial charge is 0.228 e. The SMILES string of the molecule is COCC1(C(=O)NC2CCCC2SC)CCNCC1. The molecule has 1 saturated heterocycles. The molecule has 19 heavy (non-hydrogen) atoms. The molecule has 110 valence electrons. The van der Waals surface area contributed by atoms with Crippen molar-refractivity contribution < 1.29 is 9.53 Å². The van der Waals surface area contributed by atoms with Gasteiger partial charge in [0.2, 0.25) is 5.91 Å². The lowest BCUT2D eigenvalue weighted by Gasteiger charge is -2.37. The molecule has 0 bridgehead atoms. The first-order valence-electron chi connectivity index (χ1n) is 7.25. The van der Waals surface area contributed by atoms with Crippen molar-refractivity contribution in [1.29, 1.82) is 0 Å². The number of thioether (sulfide) groups is 1. The van der Waals surface area contributed by atoms with Crippen molar-refractivity contribution in [3.8, 4) is 0 Å². The van der Waals surface area contributed by atoms with Gasteiger partial charge in [0.05, 0.1) is 12.0 Å². The predicted molar refractivity (Wildman–Crippen MR) is 79.5 cm³/mol. The third-order valence-electron chi connectivity index (χ3n) is 4.53. The lowest BCUT2D eigenvalue weighted by atomic mass is 9.78. The van der Waals surface area contributed by atoms with Gasteiger partial charge in [-0.1, -0.05) is 6.42 Å². The van der Waals surface area contributed by atoms with E-state index >= 15 is 0 Å². The van der Waals surface area contributed by atoms with Gasteiger partial charge in [0.1, 0.15) is 0 Å². The standard InChI is InChI=1S/C14H26N2O2S/c1-18-10-14(6-8-15-9-7-14)13(17)16-11-4-3-5-12(11)19-2/h11-12,15H,3-10H2,1-2H3,(H,16,17). The highest BCUT2D eigenvalue weighted by Crippen LogP contribution is 2.33. The Morgan fingerprint density at radius 2 is 2.16 bits per heavy atom. The first-order valence-corrected chi connectivity index (χ1v) is 8.54. The second-order valence-corrected chi connectivity index (χ2v) is 6.83. The Bertz CT molecular complexity index is 300. The van der Waals surface area contributed by atoms with Crippen LogP contribution in [-0.4, -0.2) is 50.3 Å². The molecule has 2 aliphatic rings. The van der Waals surface area contributed by atoms with Crippen LogP contribution in [0.2, 0.25) is 0 Å². The van der Waals surface area contributed by atoms with Crippen molar-refractivity contribution in [2.24, 2.45) is 5.41 Å². The summed E-state index contributed by atoms with van der Waals surface area (Å²) in [6.07, 6.45) is 7.48. The number of piperidine rings is 1. The number of ether oxygens (including phenoxy) is 1. The van der Waals surface area contributed by atoms with Gasteiger partial charge in [-0.05, 0) is 45.0 Å². The Hall–Kier alpha value is -0.260. The summed E-state index contributed by atoms with van der Waals surface area (Å²) in [6, 6.07) is 0.353.